The van der Waals surface area contributed by atoms with Crippen molar-refractivity contribution in [2.75, 3.05) is 0 Å². The average molecular weight is 265 g/mol. The van der Waals surface area contributed by atoms with E-state index in [0.29, 0.717) is 5.56 Å². The van der Waals surface area contributed by atoms with E-state index in [1.807, 2.05) is 6.07 Å². The number of pyridine rings is 1. The minimum absolute atomic E-state index is 0.0989. The second-order valence-corrected chi connectivity index (χ2v) is 5.54. The van der Waals surface area contributed by atoms with E-state index >= 15 is 0 Å². The summed E-state index contributed by atoms with van der Waals surface area (Å²) in [7, 11) is 1.74. The lowest BCUT2D eigenvalue weighted by Gasteiger charge is -2.22. The van der Waals surface area contributed by atoms with Gasteiger partial charge in [0.05, 0.1) is 0 Å². The van der Waals surface area contributed by atoms with Crippen LogP contribution in [-0.4, -0.2) is 14.8 Å². The van der Waals surface area contributed by atoms with Crippen LogP contribution in [0.5, 0.6) is 0 Å². The molecule has 18 heavy (non-hydrogen) atoms. The molecule has 0 fully saturated rings. The van der Waals surface area contributed by atoms with E-state index in [0.717, 1.165) is 5.69 Å². The molecule has 96 valence electrons. The van der Waals surface area contributed by atoms with Crippen LogP contribution in [0.4, 0.5) is 0 Å². The molecule has 0 atom stereocenters. The van der Waals surface area contributed by atoms with Gasteiger partial charge in [-0.05, 0) is 24.4 Å². The fraction of sp³-hybridized carbons (Fsp3) is 0.417. The molecule has 2 aromatic heterocycles. The zero-order valence-electron chi connectivity index (χ0n) is 10.8. The maximum Gasteiger partial charge on any atom is 0.284 e. The van der Waals surface area contributed by atoms with E-state index < -0.39 is 0 Å². The number of rotatable bonds is 1. The summed E-state index contributed by atoms with van der Waals surface area (Å²) >= 11 is 4.80. The minimum Gasteiger partial charge on any atom is -0.409 e. The number of hydrogen-bond donors (Lipinski definition) is 1. The topological polar surface area (TPSA) is 63.8 Å². The molecule has 2 heterocycles. The van der Waals surface area contributed by atoms with Gasteiger partial charge in [-0.15, -0.1) is 5.10 Å². The van der Waals surface area contributed by atoms with Crippen molar-refractivity contribution < 1.29 is 4.42 Å². The second kappa shape index (κ2) is 4.20. The Morgan fingerprint density at radius 2 is 2.06 bits per heavy atom. The largest absolute Gasteiger partial charge is 0.409 e. The predicted octanol–water partition coefficient (Wildman–Crippen LogP) is 2.40. The Bertz CT molecular complexity index is 688. The summed E-state index contributed by atoms with van der Waals surface area (Å²) in [5.74, 6) is 0.223. The summed E-state index contributed by atoms with van der Waals surface area (Å²) in [4.78, 5) is 12.4. The van der Waals surface area contributed by atoms with Crippen LogP contribution in [0.25, 0.3) is 11.5 Å². The Balaban J connectivity index is 2.65. The molecule has 0 aromatic carbocycles. The first kappa shape index (κ1) is 12.8. The third kappa shape index (κ3) is 2.15. The Morgan fingerprint density at radius 1 is 1.39 bits per heavy atom. The molecule has 0 amide bonds. The lowest BCUT2D eigenvalue weighted by atomic mass is 9.91. The highest BCUT2D eigenvalue weighted by Crippen LogP contribution is 2.22. The highest BCUT2D eigenvalue weighted by molar-refractivity contribution is 7.71. The quantitative estimate of drug-likeness (QED) is 0.804. The van der Waals surface area contributed by atoms with Crippen LogP contribution in [0.2, 0.25) is 0 Å². The van der Waals surface area contributed by atoms with Gasteiger partial charge in [-0.3, -0.25) is 4.79 Å². The summed E-state index contributed by atoms with van der Waals surface area (Å²) < 4.78 is 6.78. The molecule has 2 aromatic rings. The van der Waals surface area contributed by atoms with E-state index in [2.05, 4.69) is 31.0 Å². The molecular weight excluding hydrogens is 250 g/mol. The fourth-order valence-corrected chi connectivity index (χ4v) is 2.02. The smallest absolute Gasteiger partial charge is 0.284 e. The highest BCUT2D eigenvalue weighted by Gasteiger charge is 2.20. The van der Waals surface area contributed by atoms with E-state index in [1.165, 1.54) is 0 Å². The normalized spacial score (nSPS) is 11.8. The molecule has 0 spiro atoms. The molecule has 6 heteroatoms. The maximum absolute atomic E-state index is 12.3. The van der Waals surface area contributed by atoms with E-state index in [9.17, 15) is 4.79 Å². The van der Waals surface area contributed by atoms with Gasteiger partial charge in [-0.1, -0.05) is 20.8 Å². The number of hydrogen-bond acceptors (Lipinski definition) is 4. The molecule has 0 aliphatic rings. The third-order valence-electron chi connectivity index (χ3n) is 2.74. The number of H-pyrrole nitrogens is 1. The lowest BCUT2D eigenvalue weighted by Crippen LogP contribution is -2.28. The molecule has 0 saturated heterocycles. The molecule has 0 aliphatic carbocycles. The molecule has 5 nitrogen and oxygen atoms in total. The molecular formula is C12H15N3O2S. The number of nitrogens with zero attached hydrogens (tertiary/aromatic N) is 2. The van der Waals surface area contributed by atoms with Crippen LogP contribution >= 0.6 is 12.2 Å². The predicted molar refractivity (Wildman–Crippen MR) is 71.1 cm³/mol. The fourth-order valence-electron chi connectivity index (χ4n) is 1.90. The van der Waals surface area contributed by atoms with Gasteiger partial charge >= 0.3 is 0 Å². The first-order valence-electron chi connectivity index (χ1n) is 5.57. The molecule has 0 bridgehead atoms. The van der Waals surface area contributed by atoms with Crippen molar-refractivity contribution in [2.24, 2.45) is 7.05 Å². The van der Waals surface area contributed by atoms with E-state index in [-0.39, 0.29) is 21.7 Å². The van der Waals surface area contributed by atoms with Crippen LogP contribution in [-0.2, 0) is 12.5 Å². The lowest BCUT2D eigenvalue weighted by molar-refractivity contribution is 0.527. The minimum atomic E-state index is -0.146. The first-order chi connectivity index (χ1) is 8.30. The molecule has 2 rings (SSSR count). The van der Waals surface area contributed by atoms with Crippen molar-refractivity contribution >= 4 is 12.2 Å². The second-order valence-electron chi connectivity index (χ2n) is 5.16. The van der Waals surface area contributed by atoms with Crippen molar-refractivity contribution in [1.29, 1.82) is 0 Å². The summed E-state index contributed by atoms with van der Waals surface area (Å²) in [5.41, 5.74) is 1.11. The summed E-state index contributed by atoms with van der Waals surface area (Å²) in [6, 6.07) is 3.63. The molecule has 0 radical (unpaired) electrons. The van der Waals surface area contributed by atoms with Gasteiger partial charge < -0.3 is 8.98 Å². The van der Waals surface area contributed by atoms with Crippen LogP contribution in [0.1, 0.15) is 26.5 Å². The van der Waals surface area contributed by atoms with Gasteiger partial charge in [-0.25, -0.2) is 5.10 Å². The zero-order valence-corrected chi connectivity index (χ0v) is 11.6. The third-order valence-corrected chi connectivity index (χ3v) is 2.92. The van der Waals surface area contributed by atoms with Gasteiger partial charge in [0, 0.05) is 18.2 Å². The van der Waals surface area contributed by atoms with Crippen molar-refractivity contribution in [3.63, 3.8) is 0 Å². The standard InChI is InChI=1S/C12H15N3O2S/c1-12(2,3)8-6-5-7(10(16)15(8)4)9-13-14-11(18)17-9/h5-6H,1-4H3,(H,14,18). The SMILES string of the molecule is Cn1c(C(C)(C)C)ccc(-c2n[nH]c(=S)o2)c1=O. The van der Waals surface area contributed by atoms with Gasteiger partial charge in [0.15, 0.2) is 0 Å². The Labute approximate surface area is 109 Å². The number of aromatic amines is 1. The van der Waals surface area contributed by atoms with E-state index in [4.69, 9.17) is 16.6 Å². The Hall–Kier alpha value is -1.69. The molecule has 0 unspecified atom stereocenters. The van der Waals surface area contributed by atoms with E-state index in [1.54, 1.807) is 17.7 Å². The molecule has 1 N–H and O–H groups in total. The Kier molecular flexibility index (Phi) is 2.98. The molecule has 0 aliphatic heterocycles. The van der Waals surface area contributed by atoms with Crippen molar-refractivity contribution in [2.45, 2.75) is 26.2 Å². The van der Waals surface area contributed by atoms with Gasteiger partial charge in [0.25, 0.3) is 16.3 Å². The number of aromatic nitrogens is 3. The summed E-state index contributed by atoms with van der Waals surface area (Å²) in [5, 5.41) is 6.38. The number of nitrogens with one attached hydrogen (secondary N) is 1. The Morgan fingerprint density at radius 3 is 2.56 bits per heavy atom. The summed E-state index contributed by atoms with van der Waals surface area (Å²) in [6.07, 6.45) is 0. The average Bonchev–Trinajstić information content (AvgIpc) is 2.67. The van der Waals surface area contributed by atoms with Crippen molar-refractivity contribution in [3.8, 4) is 11.5 Å². The van der Waals surface area contributed by atoms with Crippen molar-refractivity contribution in [1.82, 2.24) is 14.8 Å². The van der Waals surface area contributed by atoms with Crippen LogP contribution in [0, 0.1) is 4.84 Å². The van der Waals surface area contributed by atoms with Crippen LogP contribution < -0.4 is 5.56 Å². The van der Waals surface area contributed by atoms with Gasteiger partial charge in [-0.2, -0.15) is 0 Å². The molecule has 0 saturated carbocycles. The monoisotopic (exact) mass is 265 g/mol. The summed E-state index contributed by atoms with van der Waals surface area (Å²) in [6.45, 7) is 6.17. The van der Waals surface area contributed by atoms with Gasteiger partial charge in [0.1, 0.15) is 5.56 Å². The van der Waals surface area contributed by atoms with Crippen LogP contribution in [0.3, 0.4) is 0 Å². The van der Waals surface area contributed by atoms with Crippen molar-refractivity contribution in [3.05, 3.63) is 33.0 Å². The first-order valence-corrected chi connectivity index (χ1v) is 5.98. The van der Waals surface area contributed by atoms with Crippen LogP contribution in [0.15, 0.2) is 21.3 Å². The zero-order chi connectivity index (χ0) is 13.5. The van der Waals surface area contributed by atoms with Gasteiger partial charge in [0.2, 0.25) is 0 Å². The maximum atomic E-state index is 12.3. The highest BCUT2D eigenvalue weighted by atomic mass is 32.1.